The average Bonchev–Trinajstić information content (AvgIpc) is 2.46. The molecule has 0 bridgehead atoms. The predicted molar refractivity (Wildman–Crippen MR) is 74.7 cm³/mol. The van der Waals surface area contributed by atoms with Crippen LogP contribution in [-0.2, 0) is 14.8 Å². The molecule has 1 fully saturated rings. The minimum Gasteiger partial charge on any atom is -0.388 e. The van der Waals surface area contributed by atoms with Crippen LogP contribution in [0.4, 0.5) is 5.69 Å². The van der Waals surface area contributed by atoms with Crippen molar-refractivity contribution in [1.29, 1.82) is 0 Å². The Bertz CT molecular complexity index is 493. The van der Waals surface area contributed by atoms with Crippen molar-refractivity contribution in [3.8, 4) is 0 Å². The van der Waals surface area contributed by atoms with Gasteiger partial charge in [0, 0.05) is 32.5 Å². The quantitative estimate of drug-likeness (QED) is 0.858. The van der Waals surface area contributed by atoms with Gasteiger partial charge in [0.25, 0.3) is 0 Å². The summed E-state index contributed by atoms with van der Waals surface area (Å²) in [4.78, 5) is 0.304. The number of sulfonamides is 1. The fourth-order valence-corrected chi connectivity index (χ4v) is 3.18. The van der Waals surface area contributed by atoms with Crippen LogP contribution in [-0.4, -0.2) is 35.2 Å². The third-order valence-electron chi connectivity index (χ3n) is 3.36. The Morgan fingerprint density at radius 2 is 1.84 bits per heavy atom. The van der Waals surface area contributed by atoms with E-state index in [1.807, 2.05) is 0 Å². The molecule has 6 heteroatoms. The van der Waals surface area contributed by atoms with Crippen LogP contribution in [0.25, 0.3) is 0 Å². The summed E-state index contributed by atoms with van der Waals surface area (Å²) in [5.74, 6) is 0.375. The van der Waals surface area contributed by atoms with Gasteiger partial charge < -0.3 is 10.1 Å². The maximum absolute atomic E-state index is 12.1. The summed E-state index contributed by atoms with van der Waals surface area (Å²) in [5, 5.41) is 2.96. The number of rotatable bonds is 5. The first kappa shape index (κ1) is 14.3. The Morgan fingerprint density at radius 3 is 2.42 bits per heavy atom. The zero-order valence-electron chi connectivity index (χ0n) is 11.1. The summed E-state index contributed by atoms with van der Waals surface area (Å²) in [7, 11) is -1.60. The molecule has 1 aromatic carbocycles. The minimum absolute atomic E-state index is 0.304. The molecule has 2 N–H and O–H groups in total. The van der Waals surface area contributed by atoms with Crippen molar-refractivity contribution in [3.05, 3.63) is 24.3 Å². The molecule has 0 unspecified atom stereocenters. The van der Waals surface area contributed by atoms with E-state index in [-0.39, 0.29) is 0 Å². The largest absolute Gasteiger partial charge is 0.388 e. The fraction of sp³-hybridized carbons (Fsp3) is 0.538. The van der Waals surface area contributed by atoms with E-state index in [0.717, 1.165) is 31.7 Å². The van der Waals surface area contributed by atoms with E-state index >= 15 is 0 Å². The highest BCUT2D eigenvalue weighted by atomic mass is 32.2. The van der Waals surface area contributed by atoms with E-state index < -0.39 is 10.0 Å². The highest BCUT2D eigenvalue weighted by Crippen LogP contribution is 2.16. The average molecular weight is 284 g/mol. The SMILES string of the molecule is CNc1ccc(S(=O)(=O)NCC2CCOCC2)cc1. The number of nitrogens with one attached hydrogen (secondary N) is 2. The van der Waals surface area contributed by atoms with Crippen molar-refractivity contribution in [2.75, 3.05) is 32.1 Å². The second kappa shape index (κ2) is 6.36. The number of anilines is 1. The molecule has 1 aliphatic rings. The number of hydrogen-bond acceptors (Lipinski definition) is 4. The molecule has 0 amide bonds. The lowest BCUT2D eigenvalue weighted by Gasteiger charge is -2.22. The lowest BCUT2D eigenvalue weighted by atomic mass is 10.0. The molecule has 0 saturated carbocycles. The topological polar surface area (TPSA) is 67.4 Å². The first-order chi connectivity index (χ1) is 9.12. The van der Waals surface area contributed by atoms with E-state index in [4.69, 9.17) is 4.74 Å². The maximum Gasteiger partial charge on any atom is 0.240 e. The summed E-state index contributed by atoms with van der Waals surface area (Å²) in [6.07, 6.45) is 1.84. The highest BCUT2D eigenvalue weighted by Gasteiger charge is 2.18. The second-order valence-corrected chi connectivity index (χ2v) is 6.45. The summed E-state index contributed by atoms with van der Waals surface area (Å²) < 4.78 is 32.2. The molecule has 0 aliphatic carbocycles. The minimum atomic E-state index is -3.40. The van der Waals surface area contributed by atoms with Gasteiger partial charge >= 0.3 is 0 Å². The highest BCUT2D eigenvalue weighted by molar-refractivity contribution is 7.89. The van der Waals surface area contributed by atoms with Crippen LogP contribution in [0.1, 0.15) is 12.8 Å². The van der Waals surface area contributed by atoms with Crippen molar-refractivity contribution in [2.24, 2.45) is 5.92 Å². The van der Waals surface area contributed by atoms with Crippen LogP contribution in [0.3, 0.4) is 0 Å². The Labute approximate surface area is 114 Å². The molecule has 106 valence electrons. The van der Waals surface area contributed by atoms with Gasteiger partial charge in [-0.2, -0.15) is 0 Å². The van der Waals surface area contributed by atoms with Crippen molar-refractivity contribution >= 4 is 15.7 Å². The Kier molecular flexibility index (Phi) is 4.79. The third kappa shape index (κ3) is 3.92. The summed E-state index contributed by atoms with van der Waals surface area (Å²) in [6.45, 7) is 1.94. The third-order valence-corrected chi connectivity index (χ3v) is 4.80. The molecule has 5 nitrogen and oxygen atoms in total. The van der Waals surface area contributed by atoms with E-state index in [2.05, 4.69) is 10.0 Å². The zero-order chi connectivity index (χ0) is 13.7. The van der Waals surface area contributed by atoms with Crippen LogP contribution >= 0.6 is 0 Å². The maximum atomic E-state index is 12.1. The van der Waals surface area contributed by atoms with Gasteiger partial charge in [0.2, 0.25) is 10.0 Å². The van der Waals surface area contributed by atoms with Gasteiger partial charge in [0.15, 0.2) is 0 Å². The standard InChI is InChI=1S/C13H20N2O3S/c1-14-12-2-4-13(5-3-12)19(16,17)15-10-11-6-8-18-9-7-11/h2-5,11,14-15H,6-10H2,1H3. The number of benzene rings is 1. The van der Waals surface area contributed by atoms with Crippen LogP contribution in [0.2, 0.25) is 0 Å². The van der Waals surface area contributed by atoms with Gasteiger partial charge in [-0.3, -0.25) is 0 Å². The van der Waals surface area contributed by atoms with Crippen molar-refractivity contribution in [2.45, 2.75) is 17.7 Å². The molecular formula is C13H20N2O3S. The van der Waals surface area contributed by atoms with Crippen molar-refractivity contribution < 1.29 is 13.2 Å². The number of hydrogen-bond donors (Lipinski definition) is 2. The molecule has 0 aromatic heterocycles. The molecule has 1 heterocycles. The molecule has 1 aromatic rings. The molecule has 1 saturated heterocycles. The van der Waals surface area contributed by atoms with Gasteiger partial charge in [-0.15, -0.1) is 0 Å². The van der Waals surface area contributed by atoms with Gasteiger partial charge in [0.1, 0.15) is 0 Å². The van der Waals surface area contributed by atoms with Gasteiger partial charge in [-0.05, 0) is 43.0 Å². The first-order valence-corrected chi connectivity index (χ1v) is 7.95. The van der Waals surface area contributed by atoms with E-state index in [1.165, 1.54) is 0 Å². The van der Waals surface area contributed by atoms with Gasteiger partial charge in [-0.25, -0.2) is 13.1 Å². The number of ether oxygens (including phenoxy) is 1. The first-order valence-electron chi connectivity index (χ1n) is 6.47. The molecular weight excluding hydrogens is 264 g/mol. The summed E-state index contributed by atoms with van der Waals surface area (Å²) in [6, 6.07) is 6.72. The normalized spacial score (nSPS) is 17.3. The van der Waals surface area contributed by atoms with E-state index in [0.29, 0.717) is 17.4 Å². The van der Waals surface area contributed by atoms with Crippen LogP contribution < -0.4 is 10.0 Å². The van der Waals surface area contributed by atoms with E-state index in [9.17, 15) is 8.42 Å². The Hall–Kier alpha value is -1.11. The van der Waals surface area contributed by atoms with E-state index in [1.54, 1.807) is 31.3 Å². The lowest BCUT2D eigenvalue weighted by Crippen LogP contribution is -2.32. The molecule has 0 atom stereocenters. The van der Waals surface area contributed by atoms with Crippen molar-refractivity contribution in [3.63, 3.8) is 0 Å². The van der Waals surface area contributed by atoms with Crippen LogP contribution in [0.15, 0.2) is 29.2 Å². The molecule has 0 radical (unpaired) electrons. The Balaban J connectivity index is 1.96. The molecule has 1 aliphatic heterocycles. The zero-order valence-corrected chi connectivity index (χ0v) is 11.9. The predicted octanol–water partition coefficient (Wildman–Crippen LogP) is 1.43. The summed E-state index contributed by atoms with van der Waals surface area (Å²) in [5.41, 5.74) is 0.892. The molecule has 19 heavy (non-hydrogen) atoms. The summed E-state index contributed by atoms with van der Waals surface area (Å²) >= 11 is 0. The lowest BCUT2D eigenvalue weighted by molar-refractivity contribution is 0.0678. The smallest absolute Gasteiger partial charge is 0.240 e. The molecule has 0 spiro atoms. The second-order valence-electron chi connectivity index (χ2n) is 4.68. The van der Waals surface area contributed by atoms with Gasteiger partial charge in [-0.1, -0.05) is 0 Å². The van der Waals surface area contributed by atoms with Crippen LogP contribution in [0, 0.1) is 5.92 Å². The molecule has 2 rings (SSSR count). The van der Waals surface area contributed by atoms with Gasteiger partial charge in [0.05, 0.1) is 4.90 Å². The monoisotopic (exact) mass is 284 g/mol. The van der Waals surface area contributed by atoms with Crippen LogP contribution in [0.5, 0.6) is 0 Å². The fourth-order valence-electron chi connectivity index (χ4n) is 2.06. The Morgan fingerprint density at radius 1 is 1.21 bits per heavy atom. The van der Waals surface area contributed by atoms with Crippen molar-refractivity contribution in [1.82, 2.24) is 4.72 Å².